The first-order valence-corrected chi connectivity index (χ1v) is 4.25. The Morgan fingerprint density at radius 3 is 2.31 bits per heavy atom. The summed E-state index contributed by atoms with van der Waals surface area (Å²) in [6.07, 6.45) is 3.34. The highest BCUT2D eigenvalue weighted by atomic mass is 19.1. The lowest BCUT2D eigenvalue weighted by atomic mass is 9.89. The average molecular weight is 176 g/mol. The maximum Gasteiger partial charge on any atom is 0.159 e. The van der Waals surface area contributed by atoms with Crippen LogP contribution in [0, 0.1) is 5.82 Å². The van der Waals surface area contributed by atoms with Crippen LogP contribution in [0.25, 0.3) is 6.08 Å². The Morgan fingerprint density at radius 2 is 1.85 bits per heavy atom. The van der Waals surface area contributed by atoms with Crippen LogP contribution in [0.2, 0.25) is 0 Å². The predicted octanol–water partition coefficient (Wildman–Crippen LogP) is 2.57. The van der Waals surface area contributed by atoms with Crippen molar-refractivity contribution in [2.45, 2.75) is 12.8 Å². The van der Waals surface area contributed by atoms with Crippen LogP contribution in [0.4, 0.5) is 4.39 Å². The summed E-state index contributed by atoms with van der Waals surface area (Å²) in [5.74, 6) is -0.0357. The maximum atomic E-state index is 12.5. The summed E-state index contributed by atoms with van der Waals surface area (Å²) in [5, 5.41) is 0. The normalized spacial score (nSPS) is 18.8. The molecule has 1 aliphatic rings. The van der Waals surface area contributed by atoms with E-state index in [4.69, 9.17) is 0 Å². The van der Waals surface area contributed by atoms with Crippen LogP contribution in [-0.4, -0.2) is 5.78 Å². The molecule has 2 rings (SSSR count). The zero-order valence-electron chi connectivity index (χ0n) is 7.09. The van der Waals surface area contributed by atoms with E-state index >= 15 is 0 Å². The molecule has 0 atom stereocenters. The van der Waals surface area contributed by atoms with Crippen LogP contribution in [0.3, 0.4) is 0 Å². The highest BCUT2D eigenvalue weighted by molar-refractivity contribution is 6.05. The van der Waals surface area contributed by atoms with Gasteiger partial charge in [0.25, 0.3) is 0 Å². The van der Waals surface area contributed by atoms with Gasteiger partial charge in [0, 0.05) is 6.42 Å². The molecule has 0 N–H and O–H groups in total. The number of Topliss-reactive ketones (excluding diaryl/α,β-unsaturated/α-hetero) is 1. The van der Waals surface area contributed by atoms with Gasteiger partial charge in [-0.3, -0.25) is 4.79 Å². The van der Waals surface area contributed by atoms with Gasteiger partial charge in [0.1, 0.15) is 5.82 Å². The number of rotatable bonds is 1. The molecule has 0 bridgehead atoms. The number of benzene rings is 1. The number of carbonyl (C=O) groups is 1. The summed E-state index contributed by atoms with van der Waals surface area (Å²) in [7, 11) is 0. The second kappa shape index (κ2) is 3.13. The number of halogens is 1. The molecular formula is C11H9FO. The molecule has 66 valence electrons. The lowest BCUT2D eigenvalue weighted by molar-refractivity contribution is -0.118. The van der Waals surface area contributed by atoms with E-state index in [2.05, 4.69) is 0 Å². The molecule has 2 heteroatoms. The fourth-order valence-corrected chi connectivity index (χ4v) is 1.28. The topological polar surface area (TPSA) is 17.1 Å². The number of ketones is 1. The summed E-state index contributed by atoms with van der Waals surface area (Å²) in [6, 6.07) is 6.15. The SMILES string of the molecule is O=C1CC/C1=C/c1ccc(F)cc1. The van der Waals surface area contributed by atoms with Crippen molar-refractivity contribution in [3.05, 3.63) is 41.2 Å². The van der Waals surface area contributed by atoms with Gasteiger partial charge in [-0.2, -0.15) is 0 Å². The molecule has 0 heterocycles. The Balaban J connectivity index is 2.22. The zero-order valence-corrected chi connectivity index (χ0v) is 7.09. The van der Waals surface area contributed by atoms with Crippen LogP contribution < -0.4 is 0 Å². The van der Waals surface area contributed by atoms with Crippen LogP contribution in [0.15, 0.2) is 29.8 Å². The predicted molar refractivity (Wildman–Crippen MR) is 48.6 cm³/mol. The van der Waals surface area contributed by atoms with Crippen LogP contribution in [0.5, 0.6) is 0 Å². The molecule has 0 amide bonds. The van der Waals surface area contributed by atoms with Crippen molar-refractivity contribution in [2.24, 2.45) is 0 Å². The highest BCUT2D eigenvalue weighted by Crippen LogP contribution is 2.23. The van der Waals surface area contributed by atoms with Gasteiger partial charge in [0.15, 0.2) is 5.78 Å². The Kier molecular flexibility index (Phi) is 1.97. The third-order valence-electron chi connectivity index (χ3n) is 2.19. The minimum Gasteiger partial charge on any atom is -0.295 e. The van der Waals surface area contributed by atoms with E-state index in [9.17, 15) is 9.18 Å². The molecular weight excluding hydrogens is 167 g/mol. The van der Waals surface area contributed by atoms with E-state index < -0.39 is 0 Å². The van der Waals surface area contributed by atoms with Crippen LogP contribution in [0.1, 0.15) is 18.4 Å². The van der Waals surface area contributed by atoms with Gasteiger partial charge >= 0.3 is 0 Å². The molecule has 1 fully saturated rings. The van der Waals surface area contributed by atoms with Gasteiger partial charge in [-0.05, 0) is 35.8 Å². The zero-order chi connectivity index (χ0) is 9.26. The molecule has 0 radical (unpaired) electrons. The third kappa shape index (κ3) is 1.66. The Bertz CT molecular complexity index is 362. The number of carbonyl (C=O) groups excluding carboxylic acids is 1. The smallest absolute Gasteiger partial charge is 0.159 e. The first kappa shape index (κ1) is 8.17. The standard InChI is InChI=1S/C11H9FO/c12-10-4-1-8(2-5-10)7-9-3-6-11(9)13/h1-2,4-5,7H,3,6H2/b9-7-. The number of allylic oxidation sites excluding steroid dienone is 1. The fourth-order valence-electron chi connectivity index (χ4n) is 1.28. The van der Waals surface area contributed by atoms with E-state index in [1.165, 1.54) is 12.1 Å². The summed E-state index contributed by atoms with van der Waals surface area (Å²) >= 11 is 0. The molecule has 0 spiro atoms. The second-order valence-electron chi connectivity index (χ2n) is 3.14. The van der Waals surface area contributed by atoms with E-state index in [0.717, 1.165) is 17.6 Å². The molecule has 13 heavy (non-hydrogen) atoms. The number of hydrogen-bond acceptors (Lipinski definition) is 1. The summed E-state index contributed by atoms with van der Waals surface area (Å²) in [5.41, 5.74) is 1.75. The van der Waals surface area contributed by atoms with Crippen molar-refractivity contribution < 1.29 is 9.18 Å². The van der Waals surface area contributed by atoms with Crippen molar-refractivity contribution in [1.82, 2.24) is 0 Å². The second-order valence-corrected chi connectivity index (χ2v) is 3.14. The Labute approximate surface area is 75.9 Å². The van der Waals surface area contributed by atoms with Gasteiger partial charge in [0.05, 0.1) is 0 Å². The van der Waals surface area contributed by atoms with Gasteiger partial charge in [-0.15, -0.1) is 0 Å². The molecule has 0 saturated heterocycles. The van der Waals surface area contributed by atoms with Crippen molar-refractivity contribution >= 4 is 11.9 Å². The quantitative estimate of drug-likeness (QED) is 0.601. The first-order chi connectivity index (χ1) is 6.25. The van der Waals surface area contributed by atoms with Crippen molar-refractivity contribution in [2.75, 3.05) is 0 Å². The van der Waals surface area contributed by atoms with Crippen LogP contribution in [-0.2, 0) is 4.79 Å². The van der Waals surface area contributed by atoms with E-state index in [0.29, 0.717) is 6.42 Å². The maximum absolute atomic E-state index is 12.5. The summed E-state index contributed by atoms with van der Waals surface area (Å²) in [6.45, 7) is 0. The van der Waals surface area contributed by atoms with Gasteiger partial charge < -0.3 is 0 Å². The molecule has 1 nitrogen and oxygen atoms in total. The first-order valence-electron chi connectivity index (χ1n) is 4.25. The molecule has 1 aliphatic carbocycles. The van der Waals surface area contributed by atoms with Crippen molar-refractivity contribution in [3.8, 4) is 0 Å². The summed E-state index contributed by atoms with van der Waals surface area (Å²) in [4.78, 5) is 11.0. The lowest BCUT2D eigenvalue weighted by Gasteiger charge is -2.14. The molecule has 0 unspecified atom stereocenters. The molecule has 1 aromatic carbocycles. The molecule has 1 saturated carbocycles. The number of hydrogen-bond donors (Lipinski definition) is 0. The van der Waals surface area contributed by atoms with Gasteiger partial charge in [0.2, 0.25) is 0 Å². The van der Waals surface area contributed by atoms with Crippen molar-refractivity contribution in [3.63, 3.8) is 0 Å². The van der Waals surface area contributed by atoms with Gasteiger partial charge in [-0.25, -0.2) is 4.39 Å². The minimum absolute atomic E-state index is 0.212. The van der Waals surface area contributed by atoms with E-state index in [-0.39, 0.29) is 11.6 Å². The Morgan fingerprint density at radius 1 is 1.15 bits per heavy atom. The van der Waals surface area contributed by atoms with Crippen molar-refractivity contribution in [1.29, 1.82) is 0 Å². The molecule has 0 aromatic heterocycles. The van der Waals surface area contributed by atoms with Crippen LogP contribution >= 0.6 is 0 Å². The van der Waals surface area contributed by atoms with Gasteiger partial charge in [-0.1, -0.05) is 12.1 Å². The largest absolute Gasteiger partial charge is 0.295 e. The van der Waals surface area contributed by atoms with E-state index in [1.54, 1.807) is 12.1 Å². The molecule has 0 aliphatic heterocycles. The fraction of sp³-hybridized carbons (Fsp3) is 0.182. The monoisotopic (exact) mass is 176 g/mol. The molecule has 1 aromatic rings. The lowest BCUT2D eigenvalue weighted by Crippen LogP contribution is -2.13. The highest BCUT2D eigenvalue weighted by Gasteiger charge is 2.19. The Hall–Kier alpha value is -1.44. The van der Waals surface area contributed by atoms with E-state index in [1.807, 2.05) is 6.08 Å². The average Bonchev–Trinajstić information content (AvgIpc) is 2.15. The third-order valence-corrected chi connectivity index (χ3v) is 2.19. The summed E-state index contributed by atoms with van der Waals surface area (Å²) < 4.78 is 12.5. The minimum atomic E-state index is -0.248.